The Morgan fingerprint density at radius 3 is 2.72 bits per heavy atom. The number of hydrogen-bond donors (Lipinski definition) is 1. The lowest BCUT2D eigenvalue weighted by molar-refractivity contribution is 0.182. The molecule has 1 unspecified atom stereocenters. The van der Waals surface area contributed by atoms with Gasteiger partial charge in [0.25, 0.3) is 0 Å². The van der Waals surface area contributed by atoms with E-state index in [2.05, 4.69) is 27.4 Å². The Morgan fingerprint density at radius 1 is 1.22 bits per heavy atom. The second-order valence-electron chi connectivity index (χ2n) is 4.21. The van der Waals surface area contributed by atoms with Crippen molar-refractivity contribution in [3.8, 4) is 0 Å². The van der Waals surface area contributed by atoms with Crippen molar-refractivity contribution in [1.29, 1.82) is 0 Å². The molecule has 96 valence electrons. The number of para-hydroxylation sites is 1. The number of rotatable bonds is 6. The number of nitrogens with zero attached hydrogens (tertiary/aromatic N) is 3. The maximum absolute atomic E-state index is 5.18. The monoisotopic (exact) mass is 246 g/mol. The summed E-state index contributed by atoms with van der Waals surface area (Å²) >= 11 is 0. The van der Waals surface area contributed by atoms with Gasteiger partial charge in [-0.1, -0.05) is 25.5 Å². The van der Waals surface area contributed by atoms with Gasteiger partial charge in [0.05, 0.1) is 18.2 Å². The van der Waals surface area contributed by atoms with E-state index in [-0.39, 0.29) is 6.04 Å². The number of anilines is 1. The molecule has 0 spiro atoms. The molecule has 0 saturated carbocycles. The van der Waals surface area contributed by atoms with E-state index < -0.39 is 0 Å². The molecular formula is C13H18N4O. The number of fused-ring (bicyclic) bond motifs is 1. The molecule has 2 rings (SSSR count). The number of aromatic nitrogens is 3. The van der Waals surface area contributed by atoms with Crippen LogP contribution in [-0.4, -0.2) is 34.9 Å². The number of nitrogens with one attached hydrogen (secondary N) is 1. The van der Waals surface area contributed by atoms with E-state index in [1.165, 1.54) is 0 Å². The zero-order chi connectivity index (χ0) is 12.8. The minimum Gasteiger partial charge on any atom is -0.383 e. The standard InChI is InChI=1S/C13H18N4O/c1-3-6-10(9-18-2)14-13-15-11-7-4-5-8-12(11)16-17-13/h4-5,7-8,10H,3,6,9H2,1-2H3,(H,14,15,17). The van der Waals surface area contributed by atoms with Crippen molar-refractivity contribution in [3.63, 3.8) is 0 Å². The molecule has 0 amide bonds. The van der Waals surface area contributed by atoms with Crippen LogP contribution in [0.5, 0.6) is 0 Å². The summed E-state index contributed by atoms with van der Waals surface area (Å²) in [4.78, 5) is 4.44. The summed E-state index contributed by atoms with van der Waals surface area (Å²) < 4.78 is 5.18. The normalized spacial score (nSPS) is 12.6. The Labute approximate surface area is 107 Å². The van der Waals surface area contributed by atoms with Gasteiger partial charge >= 0.3 is 0 Å². The minimum absolute atomic E-state index is 0.225. The van der Waals surface area contributed by atoms with Crippen molar-refractivity contribution in [1.82, 2.24) is 15.2 Å². The van der Waals surface area contributed by atoms with Crippen LogP contribution in [0.1, 0.15) is 19.8 Å². The molecule has 5 nitrogen and oxygen atoms in total. The van der Waals surface area contributed by atoms with Gasteiger partial charge in [0.1, 0.15) is 5.52 Å². The minimum atomic E-state index is 0.225. The molecule has 1 aromatic heterocycles. The van der Waals surface area contributed by atoms with Gasteiger partial charge in [-0.05, 0) is 18.6 Å². The Balaban J connectivity index is 2.14. The van der Waals surface area contributed by atoms with Crippen LogP contribution in [0.25, 0.3) is 11.0 Å². The molecule has 1 N–H and O–H groups in total. The number of benzene rings is 1. The Kier molecular flexibility index (Phi) is 4.41. The number of methoxy groups -OCH3 is 1. The fraction of sp³-hybridized carbons (Fsp3) is 0.462. The van der Waals surface area contributed by atoms with E-state index in [0.717, 1.165) is 23.9 Å². The van der Waals surface area contributed by atoms with Crippen molar-refractivity contribution < 1.29 is 4.74 Å². The SMILES string of the molecule is CCCC(COC)Nc1nnc2ccccc2n1. The molecule has 5 heteroatoms. The van der Waals surface area contributed by atoms with Gasteiger partial charge in [-0.25, -0.2) is 4.98 Å². The number of ether oxygens (including phenoxy) is 1. The lowest BCUT2D eigenvalue weighted by atomic mass is 10.2. The van der Waals surface area contributed by atoms with Gasteiger partial charge in [-0.15, -0.1) is 10.2 Å². The molecule has 0 radical (unpaired) electrons. The van der Waals surface area contributed by atoms with Gasteiger partial charge < -0.3 is 10.1 Å². The third-order valence-electron chi connectivity index (χ3n) is 2.70. The lowest BCUT2D eigenvalue weighted by Crippen LogP contribution is -2.26. The van der Waals surface area contributed by atoms with Crippen molar-refractivity contribution in [2.45, 2.75) is 25.8 Å². The van der Waals surface area contributed by atoms with Crippen molar-refractivity contribution in [2.24, 2.45) is 0 Å². The summed E-state index contributed by atoms with van der Waals surface area (Å²) in [5, 5.41) is 11.5. The molecule has 0 fully saturated rings. The highest BCUT2D eigenvalue weighted by atomic mass is 16.5. The predicted molar refractivity (Wildman–Crippen MR) is 71.5 cm³/mol. The maximum Gasteiger partial charge on any atom is 0.243 e. The first kappa shape index (κ1) is 12.7. The van der Waals surface area contributed by atoms with Crippen LogP contribution in [0.15, 0.2) is 24.3 Å². The van der Waals surface area contributed by atoms with Crippen LogP contribution in [0.4, 0.5) is 5.95 Å². The van der Waals surface area contributed by atoms with Crippen LogP contribution in [0.3, 0.4) is 0 Å². The molecule has 1 heterocycles. The molecule has 1 aromatic carbocycles. The quantitative estimate of drug-likeness (QED) is 0.847. The Morgan fingerprint density at radius 2 is 2.00 bits per heavy atom. The van der Waals surface area contributed by atoms with E-state index in [1.807, 2.05) is 24.3 Å². The van der Waals surface area contributed by atoms with Gasteiger partial charge in [0.2, 0.25) is 5.95 Å². The Hall–Kier alpha value is -1.75. The zero-order valence-electron chi connectivity index (χ0n) is 10.8. The average molecular weight is 246 g/mol. The summed E-state index contributed by atoms with van der Waals surface area (Å²) in [6.07, 6.45) is 2.10. The van der Waals surface area contributed by atoms with Gasteiger partial charge in [0, 0.05) is 7.11 Å². The molecule has 0 saturated heterocycles. The van der Waals surface area contributed by atoms with E-state index in [4.69, 9.17) is 4.74 Å². The molecular weight excluding hydrogens is 228 g/mol. The summed E-state index contributed by atoms with van der Waals surface area (Å²) in [6, 6.07) is 7.93. The molecule has 2 aromatic rings. The predicted octanol–water partition coefficient (Wildman–Crippen LogP) is 2.25. The second-order valence-corrected chi connectivity index (χ2v) is 4.21. The highest BCUT2D eigenvalue weighted by Crippen LogP contribution is 2.10. The first-order valence-corrected chi connectivity index (χ1v) is 6.18. The Bertz CT molecular complexity index is 497. The third kappa shape index (κ3) is 3.13. The highest BCUT2D eigenvalue weighted by Gasteiger charge is 2.09. The fourth-order valence-electron chi connectivity index (χ4n) is 1.87. The molecule has 0 aliphatic heterocycles. The average Bonchev–Trinajstić information content (AvgIpc) is 2.39. The topological polar surface area (TPSA) is 59.9 Å². The molecule has 0 bridgehead atoms. The fourth-order valence-corrected chi connectivity index (χ4v) is 1.87. The van der Waals surface area contributed by atoms with E-state index in [9.17, 15) is 0 Å². The largest absolute Gasteiger partial charge is 0.383 e. The highest BCUT2D eigenvalue weighted by molar-refractivity contribution is 5.74. The molecule has 1 atom stereocenters. The summed E-state index contributed by atoms with van der Waals surface area (Å²) in [7, 11) is 1.70. The molecule has 18 heavy (non-hydrogen) atoms. The van der Waals surface area contributed by atoms with Crippen LogP contribution in [-0.2, 0) is 4.74 Å². The van der Waals surface area contributed by atoms with E-state index >= 15 is 0 Å². The van der Waals surface area contributed by atoms with Crippen LogP contribution in [0.2, 0.25) is 0 Å². The van der Waals surface area contributed by atoms with E-state index in [0.29, 0.717) is 12.6 Å². The van der Waals surface area contributed by atoms with Crippen LogP contribution < -0.4 is 5.32 Å². The first-order valence-electron chi connectivity index (χ1n) is 6.18. The zero-order valence-corrected chi connectivity index (χ0v) is 10.8. The van der Waals surface area contributed by atoms with Crippen molar-refractivity contribution in [3.05, 3.63) is 24.3 Å². The van der Waals surface area contributed by atoms with Crippen LogP contribution >= 0.6 is 0 Å². The summed E-state index contributed by atoms with van der Waals surface area (Å²) in [5.74, 6) is 0.559. The first-order chi connectivity index (χ1) is 8.83. The van der Waals surface area contributed by atoms with Crippen LogP contribution in [0, 0.1) is 0 Å². The number of hydrogen-bond acceptors (Lipinski definition) is 5. The second kappa shape index (κ2) is 6.26. The smallest absolute Gasteiger partial charge is 0.243 e. The molecule has 0 aliphatic carbocycles. The third-order valence-corrected chi connectivity index (χ3v) is 2.70. The lowest BCUT2D eigenvalue weighted by Gasteiger charge is -2.16. The van der Waals surface area contributed by atoms with Gasteiger partial charge in [-0.2, -0.15) is 0 Å². The van der Waals surface area contributed by atoms with Gasteiger partial charge in [0.15, 0.2) is 0 Å². The van der Waals surface area contributed by atoms with Gasteiger partial charge in [-0.3, -0.25) is 0 Å². The summed E-state index contributed by atoms with van der Waals surface area (Å²) in [6.45, 7) is 2.79. The molecule has 0 aliphatic rings. The summed E-state index contributed by atoms with van der Waals surface area (Å²) in [5.41, 5.74) is 1.66. The van der Waals surface area contributed by atoms with E-state index in [1.54, 1.807) is 7.11 Å². The van der Waals surface area contributed by atoms with Crippen molar-refractivity contribution >= 4 is 17.0 Å². The van der Waals surface area contributed by atoms with Crippen molar-refractivity contribution in [2.75, 3.05) is 19.0 Å². The maximum atomic E-state index is 5.18.